The molecule has 1 aliphatic carbocycles. The van der Waals surface area contributed by atoms with Crippen LogP contribution in [0, 0.1) is 5.92 Å². The molecule has 0 spiro atoms. The van der Waals surface area contributed by atoms with Gasteiger partial charge in [0.1, 0.15) is 12.2 Å². The summed E-state index contributed by atoms with van der Waals surface area (Å²) in [5, 5.41) is 40.4. The van der Waals surface area contributed by atoms with Crippen LogP contribution in [0.25, 0.3) is 11.2 Å². The average Bonchev–Trinajstić information content (AvgIpc) is 3.73. The number of hydrogen-bond acceptors (Lipinski definition) is 12. The minimum Gasteiger partial charge on any atom is -0.387 e. The predicted molar refractivity (Wildman–Crippen MR) is 144 cm³/mol. The number of tetrazole rings is 1. The van der Waals surface area contributed by atoms with Crippen LogP contribution in [-0.2, 0) is 25.3 Å². The van der Waals surface area contributed by atoms with Crippen LogP contribution in [0.2, 0.25) is 0 Å². The third-order valence-electron chi connectivity index (χ3n) is 7.70. The third-order valence-corrected chi connectivity index (χ3v) is 7.70. The van der Waals surface area contributed by atoms with E-state index in [-0.39, 0.29) is 5.82 Å². The molecule has 15 nitrogen and oxygen atoms in total. The first kappa shape index (κ1) is 26.5. The number of nitrogens with one attached hydrogen (secondary N) is 2. The van der Waals surface area contributed by atoms with Crippen LogP contribution in [-0.4, -0.2) is 84.8 Å². The monoisotopic (exact) mass is 552 g/mol. The lowest BCUT2D eigenvalue weighted by Crippen LogP contribution is -2.29. The van der Waals surface area contributed by atoms with Crippen LogP contribution in [0.5, 0.6) is 0 Å². The number of aliphatic hydroxyl groups is 2. The van der Waals surface area contributed by atoms with Crippen molar-refractivity contribution >= 4 is 22.9 Å². The number of anilines is 2. The van der Waals surface area contributed by atoms with E-state index < -0.39 is 24.5 Å². The maximum absolute atomic E-state index is 10.9. The van der Waals surface area contributed by atoms with Gasteiger partial charge in [-0.3, -0.25) is 4.57 Å². The molecular formula is C25H36N12O3. The zero-order valence-corrected chi connectivity index (χ0v) is 22.8. The Morgan fingerprint density at radius 1 is 1.00 bits per heavy atom. The SMILES string of the molecule is Cn1cnc(CCNc2nc(NCCC3CCCCC3)c3ncn([C@@H]4O[C@H](c5nnn(C)n5)[C@@H](O)[C@H]4O)c3n2)c1. The molecule has 0 amide bonds. The van der Waals surface area contributed by atoms with Gasteiger partial charge in [-0.25, -0.2) is 9.97 Å². The summed E-state index contributed by atoms with van der Waals surface area (Å²) in [6.07, 6.45) is 9.15. The molecule has 4 atom stereocenters. The molecule has 6 rings (SSSR count). The molecule has 1 aliphatic heterocycles. The molecule has 0 radical (unpaired) electrons. The standard InChI is InChI=1S/C25H36N12O3/c1-35-12-16(28-13-35)9-11-27-25-30-21(26-10-8-15-6-4-3-5-7-15)17-23(31-25)37(14-29-17)24-19(39)18(38)20(40-24)22-32-34-36(2)33-22/h12-15,18-20,24,38-39H,3-11H2,1-2H3,(H2,26,27,30,31)/t18-,19+,20-,24+/m0/s1. The number of fused-ring (bicyclic) bond motifs is 1. The predicted octanol–water partition coefficient (Wildman–Crippen LogP) is 1.11. The first-order chi connectivity index (χ1) is 19.5. The summed E-state index contributed by atoms with van der Waals surface area (Å²) < 4.78 is 9.59. The van der Waals surface area contributed by atoms with Crippen LogP contribution in [0.15, 0.2) is 18.9 Å². The topological polar surface area (TPSA) is 179 Å². The molecule has 4 N–H and O–H groups in total. The molecule has 0 unspecified atom stereocenters. The number of imidazole rings is 2. The highest BCUT2D eigenvalue weighted by Crippen LogP contribution is 2.39. The lowest BCUT2D eigenvalue weighted by Gasteiger charge is -2.21. The molecule has 1 saturated heterocycles. The zero-order chi connectivity index (χ0) is 27.6. The Balaban J connectivity index is 1.25. The Morgan fingerprint density at radius 3 is 2.60 bits per heavy atom. The van der Waals surface area contributed by atoms with Crippen molar-refractivity contribution in [3.63, 3.8) is 0 Å². The number of nitrogens with zero attached hydrogens (tertiary/aromatic N) is 10. The summed E-state index contributed by atoms with van der Waals surface area (Å²) in [5.41, 5.74) is 2.00. The van der Waals surface area contributed by atoms with Gasteiger partial charge in [0.05, 0.1) is 25.4 Å². The number of ether oxygens (including phenoxy) is 1. The molecule has 15 heteroatoms. The van der Waals surface area contributed by atoms with Gasteiger partial charge < -0.3 is 30.2 Å². The summed E-state index contributed by atoms with van der Waals surface area (Å²) in [4.78, 5) is 19.7. The first-order valence-corrected chi connectivity index (χ1v) is 13.9. The lowest BCUT2D eigenvalue weighted by molar-refractivity contribution is -0.0384. The molecule has 0 aromatic carbocycles. The van der Waals surface area contributed by atoms with Gasteiger partial charge in [0.15, 0.2) is 29.3 Å². The van der Waals surface area contributed by atoms with E-state index in [0.717, 1.165) is 24.6 Å². The van der Waals surface area contributed by atoms with E-state index in [4.69, 9.17) is 14.7 Å². The highest BCUT2D eigenvalue weighted by atomic mass is 16.6. The van der Waals surface area contributed by atoms with Gasteiger partial charge in [-0.2, -0.15) is 14.8 Å². The maximum atomic E-state index is 10.9. The Morgan fingerprint density at radius 2 is 1.85 bits per heavy atom. The van der Waals surface area contributed by atoms with E-state index in [1.807, 2.05) is 17.8 Å². The summed E-state index contributed by atoms with van der Waals surface area (Å²) in [7, 11) is 3.56. The minimum atomic E-state index is -1.26. The molecule has 2 fully saturated rings. The number of rotatable bonds is 10. The highest BCUT2D eigenvalue weighted by molar-refractivity contribution is 5.84. The quantitative estimate of drug-likeness (QED) is 0.221. The molecule has 0 bridgehead atoms. The molecule has 2 aliphatic rings. The van der Waals surface area contributed by atoms with Gasteiger partial charge in [0.25, 0.3) is 0 Å². The number of aromatic nitrogens is 10. The molecular weight excluding hydrogens is 516 g/mol. The van der Waals surface area contributed by atoms with E-state index in [1.54, 1.807) is 24.3 Å². The van der Waals surface area contributed by atoms with Crippen molar-refractivity contribution < 1.29 is 14.9 Å². The van der Waals surface area contributed by atoms with Gasteiger partial charge in [0, 0.05) is 32.8 Å². The Hall–Kier alpha value is -3.69. The van der Waals surface area contributed by atoms with E-state index in [1.165, 1.54) is 36.9 Å². The van der Waals surface area contributed by atoms with Crippen LogP contribution >= 0.6 is 0 Å². The summed E-state index contributed by atoms with van der Waals surface area (Å²) in [5.74, 6) is 1.95. The average molecular weight is 553 g/mol. The second-order valence-electron chi connectivity index (χ2n) is 10.7. The fourth-order valence-corrected chi connectivity index (χ4v) is 5.59. The normalized spacial score (nSPS) is 23.7. The van der Waals surface area contributed by atoms with Crippen molar-refractivity contribution in [2.75, 3.05) is 23.7 Å². The van der Waals surface area contributed by atoms with Gasteiger partial charge in [-0.15, -0.1) is 10.2 Å². The Bertz CT molecular complexity index is 1430. The van der Waals surface area contributed by atoms with Crippen LogP contribution in [0.4, 0.5) is 11.8 Å². The number of hydrogen-bond donors (Lipinski definition) is 4. The maximum Gasteiger partial charge on any atom is 0.226 e. The molecule has 1 saturated carbocycles. The largest absolute Gasteiger partial charge is 0.387 e. The van der Waals surface area contributed by atoms with Gasteiger partial charge in [-0.1, -0.05) is 32.1 Å². The second-order valence-corrected chi connectivity index (χ2v) is 10.7. The third kappa shape index (κ3) is 5.48. The molecule has 4 aromatic rings. The van der Waals surface area contributed by atoms with Crippen molar-refractivity contribution in [2.24, 2.45) is 20.0 Å². The van der Waals surface area contributed by atoms with Crippen molar-refractivity contribution in [1.29, 1.82) is 0 Å². The Labute approximate surface area is 231 Å². The van der Waals surface area contributed by atoms with Crippen molar-refractivity contribution in [3.05, 3.63) is 30.4 Å². The summed E-state index contributed by atoms with van der Waals surface area (Å²) in [6, 6.07) is 0. The fourth-order valence-electron chi connectivity index (χ4n) is 5.59. The van der Waals surface area contributed by atoms with Crippen LogP contribution in [0.1, 0.15) is 62.4 Å². The van der Waals surface area contributed by atoms with E-state index in [0.29, 0.717) is 35.9 Å². The lowest BCUT2D eigenvalue weighted by atomic mass is 9.87. The number of aliphatic hydroxyl groups excluding tert-OH is 2. The first-order valence-electron chi connectivity index (χ1n) is 13.9. The molecule has 5 heterocycles. The Kier molecular flexibility index (Phi) is 7.58. The van der Waals surface area contributed by atoms with Gasteiger partial charge in [0.2, 0.25) is 11.8 Å². The van der Waals surface area contributed by atoms with Crippen LogP contribution < -0.4 is 10.6 Å². The smallest absolute Gasteiger partial charge is 0.226 e. The summed E-state index contributed by atoms with van der Waals surface area (Å²) in [6.45, 7) is 1.36. The molecule has 40 heavy (non-hydrogen) atoms. The minimum absolute atomic E-state index is 0.192. The van der Waals surface area contributed by atoms with E-state index >= 15 is 0 Å². The van der Waals surface area contributed by atoms with Gasteiger partial charge in [-0.05, 0) is 17.6 Å². The molecule has 214 valence electrons. The zero-order valence-electron chi connectivity index (χ0n) is 22.8. The summed E-state index contributed by atoms with van der Waals surface area (Å²) >= 11 is 0. The number of aryl methyl sites for hydroxylation is 2. The second kappa shape index (κ2) is 11.4. The van der Waals surface area contributed by atoms with E-state index in [2.05, 4.69) is 36.0 Å². The highest BCUT2D eigenvalue weighted by Gasteiger charge is 2.47. The van der Waals surface area contributed by atoms with Crippen molar-refractivity contribution in [1.82, 2.24) is 49.3 Å². The van der Waals surface area contributed by atoms with Crippen molar-refractivity contribution in [3.8, 4) is 0 Å². The van der Waals surface area contributed by atoms with Gasteiger partial charge >= 0.3 is 0 Å². The fraction of sp³-hybridized carbons (Fsp3) is 0.640. The van der Waals surface area contributed by atoms with Crippen LogP contribution in [0.3, 0.4) is 0 Å². The van der Waals surface area contributed by atoms with Crippen molar-refractivity contribution in [2.45, 2.75) is 69.5 Å². The molecule has 4 aromatic heterocycles. The van der Waals surface area contributed by atoms with E-state index in [9.17, 15) is 10.2 Å².